The summed E-state index contributed by atoms with van der Waals surface area (Å²) in [5.41, 5.74) is 16.7. The summed E-state index contributed by atoms with van der Waals surface area (Å²) in [7, 11) is 0. The van der Waals surface area contributed by atoms with Crippen LogP contribution < -0.4 is 4.90 Å². The van der Waals surface area contributed by atoms with E-state index in [4.69, 9.17) is 0 Å². The zero-order chi connectivity index (χ0) is 42.2. The zero-order valence-corrected chi connectivity index (χ0v) is 36.8. The van der Waals surface area contributed by atoms with E-state index in [-0.39, 0.29) is 10.8 Å². The van der Waals surface area contributed by atoms with Crippen LogP contribution in [0.3, 0.4) is 0 Å². The number of fused-ring (bicyclic) bond motifs is 8. The Labute approximate surface area is 367 Å². The Bertz CT molecular complexity index is 3110. The maximum atomic E-state index is 2.48. The van der Waals surface area contributed by atoms with Crippen LogP contribution in [0.15, 0.2) is 176 Å². The van der Waals surface area contributed by atoms with Crippen LogP contribution in [-0.4, -0.2) is 4.57 Å². The second-order valence-electron chi connectivity index (χ2n) is 19.2. The Hall–Kier alpha value is -6.38. The number of nitrogens with zero attached hydrogens (tertiary/aromatic N) is 2. The fraction of sp³-hybridized carbons (Fsp3) is 0.233. The second-order valence-corrected chi connectivity index (χ2v) is 19.2. The molecule has 0 unspecified atom stereocenters. The number of hydrogen-bond acceptors (Lipinski definition) is 1. The zero-order valence-electron chi connectivity index (χ0n) is 36.8. The van der Waals surface area contributed by atoms with Gasteiger partial charge in [-0.1, -0.05) is 169 Å². The minimum absolute atomic E-state index is 0.0927. The number of rotatable bonds is 7. The van der Waals surface area contributed by atoms with E-state index in [1.807, 2.05) is 0 Å². The molecule has 0 amide bonds. The van der Waals surface area contributed by atoms with Gasteiger partial charge in [0.25, 0.3) is 0 Å². The van der Waals surface area contributed by atoms with Gasteiger partial charge in [0.1, 0.15) is 0 Å². The van der Waals surface area contributed by atoms with E-state index >= 15 is 0 Å². The molecular weight excluding hydrogens is 749 g/mol. The first kappa shape index (κ1) is 38.5. The summed E-state index contributed by atoms with van der Waals surface area (Å²) in [4.78, 5) is 2.48. The lowest BCUT2D eigenvalue weighted by molar-refractivity contribution is 0.295. The highest BCUT2D eigenvalue weighted by atomic mass is 15.1. The molecule has 11 rings (SSSR count). The predicted octanol–water partition coefficient (Wildman–Crippen LogP) is 16.9. The lowest BCUT2D eigenvalue weighted by Gasteiger charge is -2.36. The number of benzene rings is 8. The smallest absolute Gasteiger partial charge is 0.0547 e. The van der Waals surface area contributed by atoms with E-state index in [0.717, 1.165) is 17.5 Å². The first-order valence-electron chi connectivity index (χ1n) is 23.0. The van der Waals surface area contributed by atoms with Crippen molar-refractivity contribution in [2.75, 3.05) is 4.90 Å². The lowest BCUT2D eigenvalue weighted by Crippen LogP contribution is -2.28. The molecule has 0 saturated heterocycles. The second kappa shape index (κ2) is 14.9. The van der Waals surface area contributed by atoms with E-state index in [0.29, 0.717) is 0 Å². The summed E-state index contributed by atoms with van der Waals surface area (Å²) in [6.45, 7) is 12.1. The summed E-state index contributed by atoms with van der Waals surface area (Å²) >= 11 is 0. The van der Waals surface area contributed by atoms with Gasteiger partial charge in [0.2, 0.25) is 0 Å². The Kier molecular flexibility index (Phi) is 9.27. The highest BCUT2D eigenvalue weighted by molar-refractivity contribution is 6.21. The number of para-hydroxylation sites is 2. The van der Waals surface area contributed by atoms with E-state index in [9.17, 15) is 0 Å². The van der Waals surface area contributed by atoms with Crippen LogP contribution in [0.25, 0.3) is 60.5 Å². The van der Waals surface area contributed by atoms with Crippen LogP contribution in [0, 0.1) is 11.8 Å². The van der Waals surface area contributed by atoms with Gasteiger partial charge in [-0.05, 0) is 135 Å². The molecule has 2 heteroatoms. The highest BCUT2D eigenvalue weighted by Crippen LogP contribution is 2.51. The molecule has 2 nitrogen and oxygen atoms in total. The molecule has 0 aliphatic heterocycles. The molecule has 306 valence electrons. The topological polar surface area (TPSA) is 8.17 Å². The molecule has 9 aromatic rings. The standard InChI is InChI=1S/C60H56N2/c1-6-60(38-40(2)23-24-41(3)39-60)44-28-32-46(33-29-44)61(47-34-35-51-50-18-9-12-20-53(50)59(4,5)54(51)37-47)45-30-25-43(26-31-45)48-16-10-13-21-55(48)62-56-22-14-11-19-52(56)58-49-17-8-7-15-42(49)27-36-57(58)62/h7-22,25-37,40-41H,6,23-24,38-39H2,1-5H3/t40-,41-/m0/s1. The molecule has 1 saturated carbocycles. The van der Waals surface area contributed by atoms with Crippen LogP contribution in [-0.2, 0) is 10.8 Å². The molecule has 0 N–H and O–H groups in total. The molecule has 8 aromatic carbocycles. The van der Waals surface area contributed by atoms with Crippen molar-refractivity contribution in [3.05, 3.63) is 193 Å². The largest absolute Gasteiger partial charge is 0.310 e. The first-order chi connectivity index (χ1) is 30.2. The molecule has 2 aliphatic rings. The summed E-state index contributed by atoms with van der Waals surface area (Å²) in [5.74, 6) is 1.49. The van der Waals surface area contributed by atoms with Crippen LogP contribution in [0.5, 0.6) is 0 Å². The minimum Gasteiger partial charge on any atom is -0.310 e. The van der Waals surface area contributed by atoms with Crippen LogP contribution >= 0.6 is 0 Å². The summed E-state index contributed by atoms with van der Waals surface area (Å²) in [5, 5.41) is 5.14. The third kappa shape index (κ3) is 6.13. The van der Waals surface area contributed by atoms with E-state index in [1.54, 1.807) is 0 Å². The van der Waals surface area contributed by atoms with Crippen LogP contribution in [0.1, 0.15) is 83.4 Å². The van der Waals surface area contributed by atoms with Crippen LogP contribution in [0.2, 0.25) is 0 Å². The van der Waals surface area contributed by atoms with Gasteiger partial charge < -0.3 is 9.47 Å². The monoisotopic (exact) mass is 804 g/mol. The number of aromatic nitrogens is 1. The maximum absolute atomic E-state index is 2.48. The number of anilines is 3. The Balaban J connectivity index is 1.03. The van der Waals surface area contributed by atoms with Crippen molar-refractivity contribution in [2.24, 2.45) is 11.8 Å². The minimum atomic E-state index is -0.0927. The maximum Gasteiger partial charge on any atom is 0.0547 e. The molecule has 0 spiro atoms. The van der Waals surface area contributed by atoms with Gasteiger partial charge in [-0.2, -0.15) is 0 Å². The normalized spacial score (nSPS) is 17.8. The first-order valence-corrected chi connectivity index (χ1v) is 23.0. The quantitative estimate of drug-likeness (QED) is 0.146. The Morgan fingerprint density at radius 3 is 1.87 bits per heavy atom. The van der Waals surface area contributed by atoms with Crippen molar-refractivity contribution in [2.45, 2.75) is 77.6 Å². The average molecular weight is 805 g/mol. The van der Waals surface area contributed by atoms with E-state index in [2.05, 4.69) is 220 Å². The molecular formula is C60H56N2. The van der Waals surface area contributed by atoms with Crippen LogP contribution in [0.4, 0.5) is 17.1 Å². The van der Waals surface area contributed by atoms with Gasteiger partial charge in [0.15, 0.2) is 0 Å². The van der Waals surface area contributed by atoms with Crippen molar-refractivity contribution < 1.29 is 0 Å². The molecule has 1 aromatic heterocycles. The molecule has 62 heavy (non-hydrogen) atoms. The molecule has 0 bridgehead atoms. The van der Waals surface area contributed by atoms with Crippen molar-refractivity contribution in [1.29, 1.82) is 0 Å². The molecule has 1 heterocycles. The average Bonchev–Trinajstić information content (AvgIpc) is 3.70. The summed E-state index contributed by atoms with van der Waals surface area (Å²) in [6, 6.07) is 66.3. The summed E-state index contributed by atoms with van der Waals surface area (Å²) in [6.07, 6.45) is 6.39. The molecule has 2 atom stereocenters. The van der Waals surface area contributed by atoms with Gasteiger partial charge in [0.05, 0.1) is 16.7 Å². The van der Waals surface area contributed by atoms with Crippen molar-refractivity contribution in [3.8, 4) is 27.9 Å². The third-order valence-corrected chi connectivity index (χ3v) is 15.0. The van der Waals surface area contributed by atoms with E-state index < -0.39 is 0 Å². The van der Waals surface area contributed by atoms with E-state index in [1.165, 1.54) is 121 Å². The number of hydrogen-bond donors (Lipinski definition) is 0. The van der Waals surface area contributed by atoms with Crippen molar-refractivity contribution >= 4 is 49.6 Å². The lowest BCUT2D eigenvalue weighted by atomic mass is 9.69. The van der Waals surface area contributed by atoms with Crippen molar-refractivity contribution in [3.63, 3.8) is 0 Å². The fourth-order valence-corrected chi connectivity index (χ4v) is 11.9. The van der Waals surface area contributed by atoms with Gasteiger partial charge >= 0.3 is 0 Å². The van der Waals surface area contributed by atoms with Gasteiger partial charge in [-0.25, -0.2) is 0 Å². The summed E-state index contributed by atoms with van der Waals surface area (Å²) < 4.78 is 2.47. The fourth-order valence-electron chi connectivity index (χ4n) is 11.9. The molecule has 0 radical (unpaired) electrons. The van der Waals surface area contributed by atoms with Crippen molar-refractivity contribution in [1.82, 2.24) is 4.57 Å². The molecule has 2 aliphatic carbocycles. The Morgan fingerprint density at radius 1 is 0.532 bits per heavy atom. The predicted molar refractivity (Wildman–Crippen MR) is 265 cm³/mol. The highest BCUT2D eigenvalue weighted by Gasteiger charge is 2.37. The molecule has 1 fully saturated rings. The van der Waals surface area contributed by atoms with Gasteiger partial charge in [-0.15, -0.1) is 0 Å². The Morgan fingerprint density at radius 2 is 1.13 bits per heavy atom. The van der Waals surface area contributed by atoms with Gasteiger partial charge in [-0.3, -0.25) is 0 Å². The third-order valence-electron chi connectivity index (χ3n) is 15.0. The SMILES string of the molecule is CCC1(c2ccc(N(c3ccc(-c4ccccc4-n4c5ccccc5c5c6ccccc6ccc54)cc3)c3ccc4c(c3)C(C)(C)c3ccccc3-4)cc2)C[C@@H](C)CC[C@H](C)C1. The van der Waals surface area contributed by atoms with Gasteiger partial charge in [0, 0.05) is 38.8 Å².